The number of benzene rings is 1. The molecule has 3 nitrogen and oxygen atoms in total. The first-order valence-electron chi connectivity index (χ1n) is 4.74. The maximum Gasteiger partial charge on any atom is 0.339 e. The van der Waals surface area contributed by atoms with Crippen molar-refractivity contribution in [3.63, 3.8) is 0 Å². The predicted octanol–water partition coefficient (Wildman–Crippen LogP) is 2.80. The lowest BCUT2D eigenvalue weighted by Gasteiger charge is -2.09. The van der Waals surface area contributed by atoms with Crippen molar-refractivity contribution in [3.8, 4) is 0 Å². The van der Waals surface area contributed by atoms with Crippen LogP contribution in [-0.2, 0) is 16.1 Å². The summed E-state index contributed by atoms with van der Waals surface area (Å²) in [7, 11) is 1.42. The molecule has 0 spiro atoms. The summed E-state index contributed by atoms with van der Waals surface area (Å²) in [6, 6.07) is 2.47. The Hall–Kier alpha value is -1.13. The maximum atomic E-state index is 13.4. The van der Waals surface area contributed by atoms with E-state index in [0.29, 0.717) is 0 Å². The fraction of sp³-hybridized carbons (Fsp3) is 0.364. The Kier molecular flexibility index (Phi) is 4.71. The van der Waals surface area contributed by atoms with Crippen LogP contribution in [0.2, 0.25) is 5.02 Å². The van der Waals surface area contributed by atoms with Gasteiger partial charge in [0, 0.05) is 12.7 Å². The van der Waals surface area contributed by atoms with Crippen LogP contribution in [0.5, 0.6) is 0 Å². The van der Waals surface area contributed by atoms with Crippen molar-refractivity contribution in [3.05, 3.63) is 34.1 Å². The van der Waals surface area contributed by atoms with E-state index in [1.165, 1.54) is 19.2 Å². The highest BCUT2D eigenvalue weighted by Gasteiger charge is 2.17. The molecular formula is C11H12ClFO3. The van der Waals surface area contributed by atoms with Gasteiger partial charge in [-0.05, 0) is 19.1 Å². The molecule has 0 aliphatic rings. The van der Waals surface area contributed by atoms with Crippen LogP contribution in [-0.4, -0.2) is 19.7 Å². The summed E-state index contributed by atoms with van der Waals surface area (Å²) >= 11 is 5.90. The van der Waals surface area contributed by atoms with Gasteiger partial charge >= 0.3 is 5.97 Å². The lowest BCUT2D eigenvalue weighted by molar-refractivity contribution is 0.0526. The molecule has 0 aliphatic carbocycles. The molecule has 16 heavy (non-hydrogen) atoms. The van der Waals surface area contributed by atoms with Crippen LogP contribution >= 0.6 is 11.6 Å². The smallest absolute Gasteiger partial charge is 0.339 e. The zero-order valence-corrected chi connectivity index (χ0v) is 9.81. The van der Waals surface area contributed by atoms with Gasteiger partial charge in [0.2, 0.25) is 0 Å². The topological polar surface area (TPSA) is 35.5 Å². The summed E-state index contributed by atoms with van der Waals surface area (Å²) in [5.41, 5.74) is 0.312. The Morgan fingerprint density at radius 3 is 2.75 bits per heavy atom. The minimum Gasteiger partial charge on any atom is -0.462 e. The van der Waals surface area contributed by atoms with E-state index in [2.05, 4.69) is 0 Å². The van der Waals surface area contributed by atoms with Crippen molar-refractivity contribution < 1.29 is 18.7 Å². The number of rotatable bonds is 4. The lowest BCUT2D eigenvalue weighted by atomic mass is 10.1. The Bertz CT molecular complexity index is 393. The fourth-order valence-corrected chi connectivity index (χ4v) is 1.53. The first kappa shape index (κ1) is 12.9. The second kappa shape index (κ2) is 5.82. The number of methoxy groups -OCH3 is 1. The van der Waals surface area contributed by atoms with Crippen molar-refractivity contribution in [2.24, 2.45) is 0 Å². The fourth-order valence-electron chi connectivity index (χ4n) is 1.24. The molecule has 0 N–H and O–H groups in total. The van der Waals surface area contributed by atoms with Gasteiger partial charge in [0.15, 0.2) is 0 Å². The van der Waals surface area contributed by atoms with Crippen molar-refractivity contribution in [1.29, 1.82) is 0 Å². The third-order valence-electron chi connectivity index (χ3n) is 1.97. The normalized spacial score (nSPS) is 10.2. The van der Waals surface area contributed by atoms with Crippen LogP contribution < -0.4 is 0 Å². The van der Waals surface area contributed by atoms with E-state index in [1.807, 2.05) is 0 Å². The maximum absolute atomic E-state index is 13.4. The number of hydrogen-bond donors (Lipinski definition) is 0. The second-order valence-corrected chi connectivity index (χ2v) is 3.42. The monoisotopic (exact) mass is 246 g/mol. The molecular weight excluding hydrogens is 235 g/mol. The van der Waals surface area contributed by atoms with Crippen LogP contribution in [0.3, 0.4) is 0 Å². The van der Waals surface area contributed by atoms with Crippen LogP contribution in [0, 0.1) is 5.82 Å². The van der Waals surface area contributed by atoms with Gasteiger partial charge in [0.1, 0.15) is 5.82 Å². The van der Waals surface area contributed by atoms with E-state index in [9.17, 15) is 9.18 Å². The Morgan fingerprint density at radius 2 is 2.19 bits per heavy atom. The Balaban J connectivity index is 3.12. The number of halogens is 2. The standard InChI is InChI=1S/C11H12ClFO3/c1-3-16-11(14)7-4-5-9(13)8(6-15-2)10(7)12/h4-5H,3,6H2,1-2H3. The van der Waals surface area contributed by atoms with Crippen molar-refractivity contribution in [1.82, 2.24) is 0 Å². The molecule has 0 amide bonds. The molecule has 0 saturated carbocycles. The van der Waals surface area contributed by atoms with Crippen LogP contribution in [0.15, 0.2) is 12.1 Å². The highest BCUT2D eigenvalue weighted by atomic mass is 35.5. The molecule has 88 valence electrons. The first-order chi connectivity index (χ1) is 7.61. The average molecular weight is 247 g/mol. The van der Waals surface area contributed by atoms with Gasteiger partial charge in [-0.3, -0.25) is 0 Å². The quantitative estimate of drug-likeness (QED) is 0.767. The average Bonchev–Trinajstić information content (AvgIpc) is 2.24. The van der Waals surface area contributed by atoms with E-state index in [0.717, 1.165) is 0 Å². The first-order valence-corrected chi connectivity index (χ1v) is 5.12. The summed E-state index contributed by atoms with van der Waals surface area (Å²) < 4.78 is 23.0. The molecule has 0 unspecified atom stereocenters. The summed E-state index contributed by atoms with van der Waals surface area (Å²) in [6.07, 6.45) is 0. The van der Waals surface area contributed by atoms with Gasteiger partial charge in [-0.1, -0.05) is 11.6 Å². The molecule has 0 heterocycles. The summed E-state index contributed by atoms with van der Waals surface area (Å²) in [6.45, 7) is 1.94. The summed E-state index contributed by atoms with van der Waals surface area (Å²) in [4.78, 5) is 11.5. The molecule has 1 rings (SSSR count). The van der Waals surface area contributed by atoms with E-state index in [1.54, 1.807) is 6.92 Å². The van der Waals surface area contributed by atoms with Gasteiger partial charge in [-0.2, -0.15) is 0 Å². The third kappa shape index (κ3) is 2.71. The SMILES string of the molecule is CCOC(=O)c1ccc(F)c(COC)c1Cl. The molecule has 1 aromatic rings. The zero-order valence-electron chi connectivity index (χ0n) is 9.05. The molecule has 0 bridgehead atoms. The molecule has 0 atom stereocenters. The molecule has 1 aromatic carbocycles. The van der Waals surface area contributed by atoms with Gasteiger partial charge in [-0.25, -0.2) is 9.18 Å². The Morgan fingerprint density at radius 1 is 1.50 bits per heavy atom. The van der Waals surface area contributed by atoms with E-state index in [4.69, 9.17) is 21.1 Å². The molecule has 5 heteroatoms. The number of hydrogen-bond acceptors (Lipinski definition) is 3. The molecule has 0 radical (unpaired) electrons. The predicted molar refractivity (Wildman–Crippen MR) is 58.1 cm³/mol. The second-order valence-electron chi connectivity index (χ2n) is 3.04. The summed E-state index contributed by atoms with van der Waals surface area (Å²) in [5, 5.41) is 0.0419. The van der Waals surface area contributed by atoms with Crippen LogP contribution in [0.4, 0.5) is 4.39 Å². The van der Waals surface area contributed by atoms with Crippen LogP contribution in [0.25, 0.3) is 0 Å². The van der Waals surface area contributed by atoms with Gasteiger partial charge < -0.3 is 9.47 Å². The van der Waals surface area contributed by atoms with E-state index in [-0.39, 0.29) is 29.4 Å². The van der Waals surface area contributed by atoms with Crippen molar-refractivity contribution >= 4 is 17.6 Å². The highest BCUT2D eigenvalue weighted by Crippen LogP contribution is 2.25. The molecule has 0 aromatic heterocycles. The number of esters is 1. The minimum absolute atomic E-state index is 0.0118. The van der Waals surface area contributed by atoms with Gasteiger partial charge in [0.25, 0.3) is 0 Å². The molecule has 0 saturated heterocycles. The molecule has 0 fully saturated rings. The Labute approximate surface area is 98.1 Å². The van der Waals surface area contributed by atoms with E-state index >= 15 is 0 Å². The van der Waals surface area contributed by atoms with E-state index < -0.39 is 11.8 Å². The number of carbonyl (C=O) groups is 1. The van der Waals surface area contributed by atoms with Gasteiger partial charge in [-0.15, -0.1) is 0 Å². The lowest BCUT2D eigenvalue weighted by Crippen LogP contribution is -2.08. The number of ether oxygens (including phenoxy) is 2. The summed E-state index contributed by atoms with van der Waals surface area (Å²) in [5.74, 6) is -1.07. The third-order valence-corrected chi connectivity index (χ3v) is 2.40. The van der Waals surface area contributed by atoms with Crippen molar-refractivity contribution in [2.75, 3.05) is 13.7 Å². The van der Waals surface area contributed by atoms with Crippen molar-refractivity contribution in [2.45, 2.75) is 13.5 Å². The van der Waals surface area contributed by atoms with Gasteiger partial charge in [0.05, 0.1) is 23.8 Å². The largest absolute Gasteiger partial charge is 0.462 e. The zero-order chi connectivity index (χ0) is 12.1. The highest BCUT2D eigenvalue weighted by molar-refractivity contribution is 6.34. The number of carbonyl (C=O) groups excluding carboxylic acids is 1. The minimum atomic E-state index is -0.565. The molecule has 0 aliphatic heterocycles. The van der Waals surface area contributed by atoms with Crippen LogP contribution in [0.1, 0.15) is 22.8 Å².